The van der Waals surface area contributed by atoms with E-state index in [0.717, 1.165) is 30.3 Å². The SMILES string of the molecule is CNc1cccc(N(C)CCc2ccccn2)n1. The molecule has 0 unspecified atom stereocenters. The van der Waals surface area contributed by atoms with Crippen molar-refractivity contribution >= 4 is 11.6 Å². The van der Waals surface area contributed by atoms with Gasteiger partial charge in [-0.05, 0) is 24.3 Å². The lowest BCUT2D eigenvalue weighted by atomic mass is 10.2. The zero-order valence-corrected chi connectivity index (χ0v) is 10.8. The molecule has 2 rings (SSSR count). The average molecular weight is 242 g/mol. The Morgan fingerprint density at radius 1 is 1.17 bits per heavy atom. The predicted molar refractivity (Wildman–Crippen MR) is 75.0 cm³/mol. The fourth-order valence-corrected chi connectivity index (χ4v) is 1.72. The van der Waals surface area contributed by atoms with Gasteiger partial charge in [0.25, 0.3) is 0 Å². The molecule has 2 heterocycles. The summed E-state index contributed by atoms with van der Waals surface area (Å²) in [6, 6.07) is 12.0. The summed E-state index contributed by atoms with van der Waals surface area (Å²) >= 11 is 0. The van der Waals surface area contributed by atoms with Crippen molar-refractivity contribution < 1.29 is 0 Å². The third-order valence-electron chi connectivity index (χ3n) is 2.81. The zero-order chi connectivity index (χ0) is 12.8. The minimum atomic E-state index is 0.886. The summed E-state index contributed by atoms with van der Waals surface area (Å²) in [7, 11) is 3.92. The summed E-state index contributed by atoms with van der Waals surface area (Å²) in [5.74, 6) is 1.86. The fourth-order valence-electron chi connectivity index (χ4n) is 1.72. The monoisotopic (exact) mass is 242 g/mol. The maximum absolute atomic E-state index is 4.50. The largest absolute Gasteiger partial charge is 0.373 e. The van der Waals surface area contributed by atoms with Crippen LogP contribution in [0.25, 0.3) is 0 Å². The third kappa shape index (κ3) is 3.20. The first-order valence-electron chi connectivity index (χ1n) is 6.05. The van der Waals surface area contributed by atoms with Crippen molar-refractivity contribution in [3.63, 3.8) is 0 Å². The van der Waals surface area contributed by atoms with Crippen molar-refractivity contribution in [1.82, 2.24) is 9.97 Å². The molecule has 0 aliphatic rings. The normalized spacial score (nSPS) is 10.1. The molecular formula is C14H18N4. The molecule has 94 valence electrons. The van der Waals surface area contributed by atoms with Crippen LogP contribution in [-0.2, 0) is 6.42 Å². The van der Waals surface area contributed by atoms with Crippen molar-refractivity contribution in [2.24, 2.45) is 0 Å². The fraction of sp³-hybridized carbons (Fsp3) is 0.286. The highest BCUT2D eigenvalue weighted by molar-refractivity contribution is 5.46. The van der Waals surface area contributed by atoms with E-state index in [1.807, 2.05) is 56.7 Å². The van der Waals surface area contributed by atoms with Gasteiger partial charge in [0.2, 0.25) is 0 Å². The van der Waals surface area contributed by atoms with Crippen molar-refractivity contribution in [2.45, 2.75) is 6.42 Å². The van der Waals surface area contributed by atoms with Gasteiger partial charge in [-0.2, -0.15) is 0 Å². The lowest BCUT2D eigenvalue weighted by Crippen LogP contribution is -2.21. The molecule has 0 aromatic carbocycles. The van der Waals surface area contributed by atoms with E-state index < -0.39 is 0 Å². The van der Waals surface area contributed by atoms with E-state index in [9.17, 15) is 0 Å². The summed E-state index contributed by atoms with van der Waals surface area (Å²) in [4.78, 5) is 11.0. The Bertz CT molecular complexity index is 484. The molecule has 4 nitrogen and oxygen atoms in total. The topological polar surface area (TPSA) is 41.0 Å². The van der Waals surface area contributed by atoms with E-state index in [1.165, 1.54) is 0 Å². The van der Waals surface area contributed by atoms with E-state index in [-0.39, 0.29) is 0 Å². The van der Waals surface area contributed by atoms with Crippen molar-refractivity contribution in [2.75, 3.05) is 30.9 Å². The Morgan fingerprint density at radius 3 is 2.78 bits per heavy atom. The Balaban J connectivity index is 1.97. The molecule has 0 saturated heterocycles. The Labute approximate surface area is 108 Å². The molecule has 1 N–H and O–H groups in total. The predicted octanol–water partition coefficient (Wildman–Crippen LogP) is 2.20. The lowest BCUT2D eigenvalue weighted by molar-refractivity contribution is 0.839. The summed E-state index contributed by atoms with van der Waals surface area (Å²) < 4.78 is 0. The van der Waals surface area contributed by atoms with E-state index in [1.54, 1.807) is 0 Å². The maximum atomic E-state index is 4.50. The van der Waals surface area contributed by atoms with Gasteiger partial charge >= 0.3 is 0 Å². The van der Waals surface area contributed by atoms with Crippen molar-refractivity contribution in [3.8, 4) is 0 Å². The van der Waals surface area contributed by atoms with Gasteiger partial charge in [-0.3, -0.25) is 4.98 Å². The van der Waals surface area contributed by atoms with Crippen LogP contribution in [0.15, 0.2) is 42.6 Å². The number of nitrogens with zero attached hydrogens (tertiary/aromatic N) is 3. The molecule has 0 aliphatic carbocycles. The second-order valence-corrected chi connectivity index (χ2v) is 4.12. The first-order valence-corrected chi connectivity index (χ1v) is 6.05. The maximum Gasteiger partial charge on any atom is 0.130 e. The molecule has 0 fully saturated rings. The number of pyridine rings is 2. The van der Waals surface area contributed by atoms with Gasteiger partial charge in [-0.25, -0.2) is 4.98 Å². The average Bonchev–Trinajstić information content (AvgIpc) is 2.46. The van der Waals surface area contributed by atoms with Gasteiger partial charge in [0.15, 0.2) is 0 Å². The molecular weight excluding hydrogens is 224 g/mol. The van der Waals surface area contributed by atoms with Crippen LogP contribution in [0.5, 0.6) is 0 Å². The number of rotatable bonds is 5. The molecule has 0 atom stereocenters. The van der Waals surface area contributed by atoms with E-state index in [4.69, 9.17) is 0 Å². The third-order valence-corrected chi connectivity index (χ3v) is 2.81. The number of likely N-dealkylation sites (N-methyl/N-ethyl adjacent to an activating group) is 1. The van der Waals surface area contributed by atoms with Gasteiger partial charge < -0.3 is 10.2 Å². The quantitative estimate of drug-likeness (QED) is 0.872. The highest BCUT2D eigenvalue weighted by Gasteiger charge is 2.03. The lowest BCUT2D eigenvalue weighted by Gasteiger charge is -2.18. The minimum Gasteiger partial charge on any atom is -0.373 e. The molecule has 18 heavy (non-hydrogen) atoms. The van der Waals surface area contributed by atoms with Gasteiger partial charge in [-0.15, -0.1) is 0 Å². The van der Waals surface area contributed by atoms with Crippen LogP contribution in [0.1, 0.15) is 5.69 Å². The minimum absolute atomic E-state index is 0.886. The van der Waals surface area contributed by atoms with Gasteiger partial charge in [0.1, 0.15) is 11.6 Å². The number of hydrogen-bond donors (Lipinski definition) is 1. The van der Waals surface area contributed by atoms with Crippen LogP contribution in [0.3, 0.4) is 0 Å². The zero-order valence-electron chi connectivity index (χ0n) is 10.8. The molecule has 2 aromatic heterocycles. The number of anilines is 2. The number of nitrogens with one attached hydrogen (secondary N) is 1. The Morgan fingerprint density at radius 2 is 2.06 bits per heavy atom. The van der Waals surface area contributed by atoms with E-state index in [2.05, 4.69) is 20.2 Å². The second kappa shape index (κ2) is 6.00. The van der Waals surface area contributed by atoms with Crippen LogP contribution in [0.4, 0.5) is 11.6 Å². The molecule has 0 saturated carbocycles. The number of aromatic nitrogens is 2. The molecule has 0 amide bonds. The molecule has 2 aromatic rings. The van der Waals surface area contributed by atoms with Gasteiger partial charge in [0.05, 0.1) is 0 Å². The summed E-state index contributed by atoms with van der Waals surface area (Å²) in [6.45, 7) is 0.900. The van der Waals surface area contributed by atoms with Crippen LogP contribution in [0, 0.1) is 0 Å². The van der Waals surface area contributed by atoms with E-state index in [0.29, 0.717) is 0 Å². The molecule has 0 radical (unpaired) electrons. The van der Waals surface area contributed by atoms with Crippen LogP contribution >= 0.6 is 0 Å². The summed E-state index contributed by atoms with van der Waals surface area (Å²) in [5, 5.41) is 3.05. The molecule has 0 aliphatic heterocycles. The van der Waals surface area contributed by atoms with Crippen LogP contribution in [0.2, 0.25) is 0 Å². The second-order valence-electron chi connectivity index (χ2n) is 4.12. The van der Waals surface area contributed by atoms with Crippen LogP contribution in [-0.4, -0.2) is 30.6 Å². The van der Waals surface area contributed by atoms with E-state index >= 15 is 0 Å². The van der Waals surface area contributed by atoms with Gasteiger partial charge in [-0.1, -0.05) is 12.1 Å². The first-order chi connectivity index (χ1) is 8.79. The molecule has 4 heteroatoms. The molecule has 0 spiro atoms. The summed E-state index contributed by atoms with van der Waals surface area (Å²) in [5.41, 5.74) is 1.11. The smallest absolute Gasteiger partial charge is 0.130 e. The Hall–Kier alpha value is -2.10. The Kier molecular flexibility index (Phi) is 4.12. The highest BCUT2D eigenvalue weighted by Crippen LogP contribution is 2.12. The highest BCUT2D eigenvalue weighted by atomic mass is 15.2. The van der Waals surface area contributed by atoms with Crippen molar-refractivity contribution in [3.05, 3.63) is 48.3 Å². The first kappa shape index (κ1) is 12.4. The van der Waals surface area contributed by atoms with Gasteiger partial charge in [0, 0.05) is 39.0 Å². The number of hydrogen-bond acceptors (Lipinski definition) is 4. The molecule has 0 bridgehead atoms. The standard InChI is InChI=1S/C14H18N4/c1-15-13-7-5-8-14(17-13)18(2)11-9-12-6-3-4-10-16-12/h3-8,10H,9,11H2,1-2H3,(H,15,17). The van der Waals surface area contributed by atoms with Crippen molar-refractivity contribution in [1.29, 1.82) is 0 Å². The van der Waals surface area contributed by atoms with Crippen LogP contribution < -0.4 is 10.2 Å². The summed E-state index contributed by atoms with van der Waals surface area (Å²) in [6.07, 6.45) is 2.75.